The Morgan fingerprint density at radius 1 is 0.500 bits per heavy atom. The zero-order valence-corrected chi connectivity index (χ0v) is 32.0. The van der Waals surface area contributed by atoms with Gasteiger partial charge in [0.1, 0.15) is 0 Å². The van der Waals surface area contributed by atoms with Crippen LogP contribution in [0.15, 0.2) is 152 Å². The number of hydrogen-bond donors (Lipinski definition) is 0. The molecule has 0 radical (unpaired) electrons. The van der Waals surface area contributed by atoms with E-state index in [1.54, 1.807) is 0 Å². The predicted molar refractivity (Wildman–Crippen MR) is 225 cm³/mol. The van der Waals surface area contributed by atoms with Gasteiger partial charge in [0.15, 0.2) is 17.5 Å². The highest BCUT2D eigenvalue weighted by Crippen LogP contribution is 2.60. The Morgan fingerprint density at radius 3 is 1.71 bits per heavy atom. The fraction of sp³-hybridized carbons (Fsp3) is 0.231. The van der Waals surface area contributed by atoms with Crippen molar-refractivity contribution in [2.75, 3.05) is 0 Å². The molecule has 3 aliphatic rings. The fourth-order valence-corrected chi connectivity index (χ4v) is 11.1. The van der Waals surface area contributed by atoms with Gasteiger partial charge in [-0.05, 0) is 112 Å². The number of benzene rings is 6. The molecule has 272 valence electrons. The standard InChI is InChI=1S/C52H44N4/c1-34-25-37-26-35(2)31-51(30-34,32-37)42-22-23-44-45-28-40(50-55-48(38-14-6-3-7-15-38)54-49(56-50)39-16-8-4-9-17-39)21-24-46(45)52(47(44)29-42,41-18-10-5-11-19-41)43-20-12-13-36(27-43)33-53/h3-24,27-29,34-35,37H,25-26,30-32H2,1-2H3/t34-,35+,37-,51?,52?. The summed E-state index contributed by atoms with van der Waals surface area (Å²) in [5.41, 5.74) is 11.7. The molecule has 2 fully saturated rings. The molecule has 2 bridgehead atoms. The van der Waals surface area contributed by atoms with E-state index in [1.807, 2.05) is 48.5 Å². The van der Waals surface area contributed by atoms with Crippen LogP contribution in [0.4, 0.5) is 0 Å². The van der Waals surface area contributed by atoms with Gasteiger partial charge in [-0.25, -0.2) is 15.0 Å². The molecular formula is C52H44N4. The molecule has 0 amide bonds. The van der Waals surface area contributed by atoms with Crippen LogP contribution in [0.5, 0.6) is 0 Å². The van der Waals surface area contributed by atoms with Gasteiger partial charge in [0.25, 0.3) is 0 Å². The third-order valence-corrected chi connectivity index (χ3v) is 13.0. The Kier molecular flexibility index (Phi) is 8.29. The lowest BCUT2D eigenvalue weighted by Gasteiger charge is -2.50. The lowest BCUT2D eigenvalue weighted by molar-refractivity contribution is 0.0780. The number of nitrogens with zero attached hydrogens (tertiary/aromatic N) is 4. The van der Waals surface area contributed by atoms with Gasteiger partial charge in [-0.1, -0.05) is 147 Å². The topological polar surface area (TPSA) is 62.5 Å². The van der Waals surface area contributed by atoms with Crippen LogP contribution in [0.25, 0.3) is 45.3 Å². The summed E-state index contributed by atoms with van der Waals surface area (Å²) < 4.78 is 0. The summed E-state index contributed by atoms with van der Waals surface area (Å²) in [7, 11) is 0. The van der Waals surface area contributed by atoms with E-state index in [0.717, 1.165) is 28.2 Å². The minimum Gasteiger partial charge on any atom is -0.208 e. The van der Waals surface area contributed by atoms with Gasteiger partial charge in [0, 0.05) is 16.7 Å². The van der Waals surface area contributed by atoms with E-state index in [0.29, 0.717) is 34.9 Å². The van der Waals surface area contributed by atoms with E-state index in [9.17, 15) is 5.26 Å². The first-order valence-corrected chi connectivity index (χ1v) is 20.2. The summed E-state index contributed by atoms with van der Waals surface area (Å²) in [6, 6.07) is 56.2. The maximum Gasteiger partial charge on any atom is 0.164 e. The zero-order valence-electron chi connectivity index (χ0n) is 32.0. The van der Waals surface area contributed by atoms with Crippen molar-refractivity contribution >= 4 is 0 Å². The van der Waals surface area contributed by atoms with E-state index in [-0.39, 0.29) is 5.41 Å². The predicted octanol–water partition coefficient (Wildman–Crippen LogP) is 12.2. The highest BCUT2D eigenvalue weighted by molar-refractivity contribution is 5.89. The number of hydrogen-bond acceptors (Lipinski definition) is 4. The SMILES string of the molecule is C[C@@H]1C[C@@H]2C[C@H](C)CC(c3ccc4c(c3)C(c3ccccc3)(c3cccc(C#N)c3)c3ccc(-c5nc(-c6ccccc6)nc(-c6ccccc6)n5)cc3-4)(C1)C2. The largest absolute Gasteiger partial charge is 0.208 e. The highest BCUT2D eigenvalue weighted by Gasteiger charge is 2.49. The van der Waals surface area contributed by atoms with Gasteiger partial charge in [0.2, 0.25) is 0 Å². The molecule has 4 nitrogen and oxygen atoms in total. The molecule has 7 aromatic rings. The fourth-order valence-electron chi connectivity index (χ4n) is 11.1. The summed E-state index contributed by atoms with van der Waals surface area (Å²) in [6.45, 7) is 4.94. The summed E-state index contributed by atoms with van der Waals surface area (Å²) >= 11 is 0. The van der Waals surface area contributed by atoms with Crippen LogP contribution in [0.2, 0.25) is 0 Å². The van der Waals surface area contributed by atoms with Crippen molar-refractivity contribution < 1.29 is 0 Å². The first kappa shape index (κ1) is 34.3. The van der Waals surface area contributed by atoms with E-state index in [4.69, 9.17) is 15.0 Å². The molecule has 1 aromatic heterocycles. The molecule has 56 heavy (non-hydrogen) atoms. The maximum absolute atomic E-state index is 10.2. The van der Waals surface area contributed by atoms with Gasteiger partial charge < -0.3 is 0 Å². The van der Waals surface area contributed by atoms with Crippen molar-refractivity contribution in [1.29, 1.82) is 5.26 Å². The number of nitriles is 1. The van der Waals surface area contributed by atoms with E-state index < -0.39 is 5.41 Å². The molecule has 6 aromatic carbocycles. The molecule has 0 spiro atoms. The first-order chi connectivity index (χ1) is 27.4. The average molecular weight is 725 g/mol. The molecule has 5 atom stereocenters. The van der Waals surface area contributed by atoms with Gasteiger partial charge in [0.05, 0.1) is 17.0 Å². The molecular weight excluding hydrogens is 681 g/mol. The minimum atomic E-state index is -0.632. The molecule has 2 unspecified atom stereocenters. The quantitative estimate of drug-likeness (QED) is 0.171. The van der Waals surface area contributed by atoms with Crippen LogP contribution in [0.3, 0.4) is 0 Å². The van der Waals surface area contributed by atoms with Gasteiger partial charge in [-0.2, -0.15) is 5.26 Å². The Hall–Kier alpha value is -6.18. The zero-order chi connectivity index (χ0) is 37.9. The summed E-state index contributed by atoms with van der Waals surface area (Å²) in [5.74, 6) is 4.13. The van der Waals surface area contributed by atoms with E-state index in [2.05, 4.69) is 123 Å². The molecule has 3 aliphatic carbocycles. The highest BCUT2D eigenvalue weighted by atomic mass is 15.0. The van der Waals surface area contributed by atoms with Crippen molar-refractivity contribution in [3.63, 3.8) is 0 Å². The Morgan fingerprint density at radius 2 is 1.09 bits per heavy atom. The van der Waals surface area contributed by atoms with Crippen LogP contribution < -0.4 is 0 Å². The van der Waals surface area contributed by atoms with Gasteiger partial charge >= 0.3 is 0 Å². The van der Waals surface area contributed by atoms with Crippen molar-refractivity contribution in [3.8, 4) is 51.4 Å². The van der Waals surface area contributed by atoms with Crippen LogP contribution in [-0.4, -0.2) is 15.0 Å². The maximum atomic E-state index is 10.2. The third kappa shape index (κ3) is 5.60. The minimum absolute atomic E-state index is 0.165. The van der Waals surface area contributed by atoms with Gasteiger partial charge in [-0.3, -0.25) is 0 Å². The second-order valence-electron chi connectivity index (χ2n) is 16.8. The van der Waals surface area contributed by atoms with Crippen LogP contribution in [0.1, 0.15) is 79.3 Å². The lowest BCUT2D eigenvalue weighted by Crippen LogP contribution is -2.42. The monoisotopic (exact) mass is 724 g/mol. The molecule has 10 rings (SSSR count). The van der Waals surface area contributed by atoms with Crippen molar-refractivity contribution in [2.24, 2.45) is 17.8 Å². The summed E-state index contributed by atoms with van der Waals surface area (Å²) in [6.07, 6.45) is 6.43. The Balaban J connectivity index is 1.23. The van der Waals surface area contributed by atoms with Crippen LogP contribution in [0, 0.1) is 29.1 Å². The molecule has 2 saturated carbocycles. The summed E-state index contributed by atoms with van der Waals surface area (Å²) in [4.78, 5) is 15.2. The first-order valence-electron chi connectivity index (χ1n) is 20.2. The molecule has 4 heteroatoms. The number of aromatic nitrogens is 3. The van der Waals surface area contributed by atoms with Crippen LogP contribution in [-0.2, 0) is 10.8 Å². The van der Waals surface area contributed by atoms with E-state index in [1.165, 1.54) is 65.5 Å². The smallest absolute Gasteiger partial charge is 0.164 e. The average Bonchev–Trinajstić information content (AvgIpc) is 3.54. The second-order valence-corrected chi connectivity index (χ2v) is 16.8. The number of fused-ring (bicyclic) bond motifs is 5. The molecule has 1 heterocycles. The Labute approximate surface area is 330 Å². The second kappa shape index (κ2) is 13.5. The summed E-state index contributed by atoms with van der Waals surface area (Å²) in [5, 5.41) is 10.2. The van der Waals surface area contributed by atoms with Crippen molar-refractivity contribution in [1.82, 2.24) is 15.0 Å². The normalized spacial score (nSPS) is 23.5. The van der Waals surface area contributed by atoms with Crippen LogP contribution >= 0.6 is 0 Å². The van der Waals surface area contributed by atoms with Crippen molar-refractivity contribution in [2.45, 2.75) is 56.8 Å². The lowest BCUT2D eigenvalue weighted by atomic mass is 9.54. The number of rotatable bonds is 6. The van der Waals surface area contributed by atoms with E-state index >= 15 is 0 Å². The molecule has 0 saturated heterocycles. The Bertz CT molecular complexity index is 2550. The molecule has 0 aliphatic heterocycles. The van der Waals surface area contributed by atoms with Crippen molar-refractivity contribution in [3.05, 3.63) is 185 Å². The third-order valence-electron chi connectivity index (χ3n) is 13.0. The van der Waals surface area contributed by atoms with Gasteiger partial charge in [-0.15, -0.1) is 0 Å². The molecule has 0 N–H and O–H groups in total.